The van der Waals surface area contributed by atoms with E-state index in [4.69, 9.17) is 4.74 Å². The molecule has 0 aliphatic rings. The zero-order valence-electron chi connectivity index (χ0n) is 45.9. The third-order valence-electron chi connectivity index (χ3n) is 14.2. The maximum atomic E-state index is 12.4. The number of allylic oxidation sites excluding steroid dienone is 3. The summed E-state index contributed by atoms with van der Waals surface area (Å²) in [7, 11) is 0. The van der Waals surface area contributed by atoms with Gasteiger partial charge in [-0.2, -0.15) is 0 Å². The van der Waals surface area contributed by atoms with Crippen molar-refractivity contribution in [3.05, 3.63) is 24.3 Å². The SMILES string of the molecule is CCCCCCCCCCCCCC/C=C/C(O)C(CO)NC(=O)CCCCCCC/C=C\CCCCCCCCCCCOC(=O)CCCCCCCCCCCCCCCCCCCCC. The van der Waals surface area contributed by atoms with E-state index in [1.54, 1.807) is 6.08 Å². The molecule has 0 saturated carbocycles. The van der Waals surface area contributed by atoms with Crippen molar-refractivity contribution < 1.29 is 24.5 Å². The Bertz CT molecular complexity index is 1060. The van der Waals surface area contributed by atoms with Crippen molar-refractivity contribution >= 4 is 11.9 Å². The second-order valence-corrected chi connectivity index (χ2v) is 21.0. The van der Waals surface area contributed by atoms with Crippen LogP contribution in [0.2, 0.25) is 0 Å². The van der Waals surface area contributed by atoms with Crippen LogP contribution < -0.4 is 5.32 Å². The lowest BCUT2D eigenvalue weighted by Gasteiger charge is -2.20. The summed E-state index contributed by atoms with van der Waals surface area (Å²) in [5.74, 6) is -0.0740. The standard InChI is InChI=1S/C62H119NO5/c1-3-5-7-9-11-13-15-17-19-20-21-25-28-32-36-40-44-48-52-56-62(67)68-57-53-49-45-41-37-33-29-26-23-22-24-27-31-35-39-43-47-51-55-61(66)63-59(58-64)60(65)54-50-46-42-38-34-30-18-16-14-12-10-8-6-4-2/h24,27,50,54,59-60,64-65H,3-23,25-26,28-49,51-53,55-58H2,1-2H3,(H,63,66)/b27-24-,54-50+. The molecule has 402 valence electrons. The smallest absolute Gasteiger partial charge is 0.305 e. The lowest BCUT2D eigenvalue weighted by Crippen LogP contribution is -2.45. The number of ether oxygens (including phenoxy) is 1. The van der Waals surface area contributed by atoms with Crippen molar-refractivity contribution in [2.24, 2.45) is 0 Å². The molecule has 0 rings (SSSR count). The molecule has 0 aliphatic heterocycles. The summed E-state index contributed by atoms with van der Waals surface area (Å²) in [6.07, 6.45) is 70.7. The predicted molar refractivity (Wildman–Crippen MR) is 296 cm³/mol. The summed E-state index contributed by atoms with van der Waals surface area (Å²) in [6.45, 7) is 4.91. The Kier molecular flexibility index (Phi) is 56.5. The first kappa shape index (κ1) is 66.3. The lowest BCUT2D eigenvalue weighted by molar-refractivity contribution is -0.143. The molecule has 0 aromatic rings. The number of amides is 1. The fourth-order valence-corrected chi connectivity index (χ4v) is 9.51. The van der Waals surface area contributed by atoms with Crippen molar-refractivity contribution in [2.45, 2.75) is 347 Å². The first-order valence-corrected chi connectivity index (χ1v) is 30.6. The molecule has 3 N–H and O–H groups in total. The number of carbonyl (C=O) groups excluding carboxylic acids is 2. The average Bonchev–Trinajstić information content (AvgIpc) is 3.34. The fourth-order valence-electron chi connectivity index (χ4n) is 9.51. The number of unbranched alkanes of at least 4 members (excludes halogenated alkanes) is 44. The Morgan fingerprint density at radius 1 is 0.397 bits per heavy atom. The maximum Gasteiger partial charge on any atom is 0.305 e. The van der Waals surface area contributed by atoms with Crippen LogP contribution >= 0.6 is 0 Å². The Balaban J connectivity index is 3.43. The molecule has 1 amide bonds. The second-order valence-electron chi connectivity index (χ2n) is 21.0. The van der Waals surface area contributed by atoms with Crippen molar-refractivity contribution in [3.8, 4) is 0 Å². The number of rotatable bonds is 57. The van der Waals surface area contributed by atoms with Gasteiger partial charge in [0.25, 0.3) is 0 Å². The van der Waals surface area contributed by atoms with Crippen molar-refractivity contribution in [2.75, 3.05) is 13.2 Å². The molecule has 2 unspecified atom stereocenters. The highest BCUT2D eigenvalue weighted by Crippen LogP contribution is 2.17. The van der Waals surface area contributed by atoms with Crippen LogP contribution in [0.15, 0.2) is 24.3 Å². The first-order chi connectivity index (χ1) is 33.5. The lowest BCUT2D eigenvalue weighted by atomic mass is 10.0. The summed E-state index contributed by atoms with van der Waals surface area (Å²) in [5.41, 5.74) is 0. The first-order valence-electron chi connectivity index (χ1n) is 30.6. The van der Waals surface area contributed by atoms with Gasteiger partial charge in [0.1, 0.15) is 0 Å². The molecule has 6 nitrogen and oxygen atoms in total. The summed E-state index contributed by atoms with van der Waals surface area (Å²) in [6, 6.07) is -0.637. The number of hydrogen-bond donors (Lipinski definition) is 3. The highest BCUT2D eigenvalue weighted by atomic mass is 16.5. The van der Waals surface area contributed by atoms with Gasteiger partial charge in [0.2, 0.25) is 5.91 Å². The second kappa shape index (κ2) is 57.9. The summed E-state index contributed by atoms with van der Waals surface area (Å²) in [4.78, 5) is 24.5. The van der Waals surface area contributed by atoms with Gasteiger partial charge in [0.05, 0.1) is 25.4 Å². The average molecular weight is 959 g/mol. The molecule has 0 fully saturated rings. The normalized spacial score (nSPS) is 12.7. The number of aliphatic hydroxyl groups excluding tert-OH is 2. The quantitative estimate of drug-likeness (QED) is 0.0321. The van der Waals surface area contributed by atoms with Gasteiger partial charge >= 0.3 is 5.97 Å². The van der Waals surface area contributed by atoms with Gasteiger partial charge in [-0.1, -0.05) is 289 Å². The molecule has 6 heteroatoms. The van der Waals surface area contributed by atoms with Crippen LogP contribution in [0, 0.1) is 0 Å². The minimum absolute atomic E-state index is 0.00713. The van der Waals surface area contributed by atoms with Gasteiger partial charge in [-0.25, -0.2) is 0 Å². The monoisotopic (exact) mass is 958 g/mol. The molecule has 2 atom stereocenters. The molecule has 0 saturated heterocycles. The van der Waals surface area contributed by atoms with Crippen LogP contribution in [0.3, 0.4) is 0 Å². The minimum atomic E-state index is -0.852. The van der Waals surface area contributed by atoms with E-state index in [-0.39, 0.29) is 18.5 Å². The molecular weight excluding hydrogens is 839 g/mol. The molecule has 68 heavy (non-hydrogen) atoms. The third-order valence-corrected chi connectivity index (χ3v) is 14.2. The van der Waals surface area contributed by atoms with E-state index in [0.29, 0.717) is 19.4 Å². The molecule has 0 aromatic heterocycles. The Hall–Kier alpha value is -1.66. The molecule has 0 spiro atoms. The van der Waals surface area contributed by atoms with Crippen molar-refractivity contribution in [1.29, 1.82) is 0 Å². The Morgan fingerprint density at radius 2 is 0.691 bits per heavy atom. The van der Waals surface area contributed by atoms with Crippen LogP contribution in [-0.2, 0) is 14.3 Å². The molecule has 0 aromatic carbocycles. The van der Waals surface area contributed by atoms with Crippen LogP contribution in [0.4, 0.5) is 0 Å². The molecular formula is C62H119NO5. The van der Waals surface area contributed by atoms with Crippen LogP contribution in [0.5, 0.6) is 0 Å². The largest absolute Gasteiger partial charge is 0.466 e. The molecule has 0 heterocycles. The van der Waals surface area contributed by atoms with E-state index in [1.165, 1.54) is 250 Å². The number of carbonyl (C=O) groups is 2. The number of aliphatic hydroxyl groups is 2. The van der Waals surface area contributed by atoms with Gasteiger partial charge in [0.15, 0.2) is 0 Å². The Morgan fingerprint density at radius 3 is 1.04 bits per heavy atom. The highest BCUT2D eigenvalue weighted by molar-refractivity contribution is 5.76. The van der Waals surface area contributed by atoms with E-state index >= 15 is 0 Å². The number of nitrogens with one attached hydrogen (secondary N) is 1. The summed E-state index contributed by atoms with van der Waals surface area (Å²) in [5, 5.41) is 23.1. The molecule has 0 bridgehead atoms. The highest BCUT2D eigenvalue weighted by Gasteiger charge is 2.18. The van der Waals surface area contributed by atoms with Crippen LogP contribution in [0.25, 0.3) is 0 Å². The van der Waals surface area contributed by atoms with Crippen LogP contribution in [0.1, 0.15) is 335 Å². The number of hydrogen-bond acceptors (Lipinski definition) is 5. The van der Waals surface area contributed by atoms with Gasteiger partial charge in [-0.05, 0) is 57.8 Å². The predicted octanol–water partition coefficient (Wildman–Crippen LogP) is 19.0. The third kappa shape index (κ3) is 53.7. The van der Waals surface area contributed by atoms with Gasteiger partial charge < -0.3 is 20.3 Å². The minimum Gasteiger partial charge on any atom is -0.466 e. The van der Waals surface area contributed by atoms with Crippen molar-refractivity contribution in [3.63, 3.8) is 0 Å². The van der Waals surface area contributed by atoms with Gasteiger partial charge in [0, 0.05) is 12.8 Å². The summed E-state index contributed by atoms with van der Waals surface area (Å²) >= 11 is 0. The Labute approximate surface area is 424 Å². The molecule has 0 radical (unpaired) electrons. The van der Waals surface area contributed by atoms with E-state index in [9.17, 15) is 19.8 Å². The summed E-state index contributed by atoms with van der Waals surface area (Å²) < 4.78 is 5.50. The maximum absolute atomic E-state index is 12.4. The number of esters is 1. The van der Waals surface area contributed by atoms with Gasteiger partial charge in [-0.3, -0.25) is 9.59 Å². The topological polar surface area (TPSA) is 95.9 Å². The van der Waals surface area contributed by atoms with Crippen LogP contribution in [-0.4, -0.2) is 47.4 Å². The zero-order valence-corrected chi connectivity index (χ0v) is 45.9. The van der Waals surface area contributed by atoms with E-state index < -0.39 is 12.1 Å². The fraction of sp³-hybridized carbons (Fsp3) is 0.903. The van der Waals surface area contributed by atoms with E-state index in [0.717, 1.165) is 57.8 Å². The molecule has 0 aliphatic carbocycles. The van der Waals surface area contributed by atoms with Gasteiger partial charge in [-0.15, -0.1) is 0 Å². The van der Waals surface area contributed by atoms with Crippen molar-refractivity contribution in [1.82, 2.24) is 5.32 Å². The van der Waals surface area contributed by atoms with E-state index in [1.807, 2.05) is 6.08 Å². The van der Waals surface area contributed by atoms with E-state index in [2.05, 4.69) is 31.3 Å². The zero-order chi connectivity index (χ0) is 49.3.